The van der Waals surface area contributed by atoms with Crippen LogP contribution in [-0.2, 0) is 16.1 Å². The van der Waals surface area contributed by atoms with Crippen molar-refractivity contribution in [2.45, 2.75) is 12.9 Å². The number of hydrogen-bond acceptors (Lipinski definition) is 5. The fourth-order valence-corrected chi connectivity index (χ4v) is 0.899. The first-order valence-electron chi connectivity index (χ1n) is 4.38. The smallest absolute Gasteiger partial charge is 0.429 e. The summed E-state index contributed by atoms with van der Waals surface area (Å²) >= 11 is 0. The van der Waals surface area contributed by atoms with Crippen molar-refractivity contribution in [2.75, 3.05) is 6.61 Å². The minimum absolute atomic E-state index is 0.0673. The molecular formula is C10H12O5. The number of carbonyl (C=O) groups excluding carboxylic acids is 1. The molecule has 1 aromatic carbocycles. The summed E-state index contributed by atoms with van der Waals surface area (Å²) in [6.07, 6.45) is -2.55. The second-order valence-corrected chi connectivity index (χ2v) is 2.78. The van der Waals surface area contributed by atoms with Crippen molar-refractivity contribution in [3.05, 3.63) is 35.9 Å². The summed E-state index contributed by atoms with van der Waals surface area (Å²) in [6.45, 7) is -0.585. The highest BCUT2D eigenvalue weighted by atomic mass is 16.8. The van der Waals surface area contributed by atoms with Crippen LogP contribution in [0.15, 0.2) is 30.3 Å². The summed E-state index contributed by atoms with van der Waals surface area (Å²) in [5.74, 6) is 0. The number of rotatable bonds is 4. The first-order valence-corrected chi connectivity index (χ1v) is 4.38. The zero-order valence-electron chi connectivity index (χ0n) is 8.00. The van der Waals surface area contributed by atoms with Crippen LogP contribution in [0.2, 0.25) is 0 Å². The molecule has 15 heavy (non-hydrogen) atoms. The Labute approximate surface area is 86.9 Å². The summed E-state index contributed by atoms with van der Waals surface area (Å²) in [4.78, 5) is 10.9. The predicted molar refractivity (Wildman–Crippen MR) is 50.8 cm³/mol. The van der Waals surface area contributed by atoms with E-state index in [2.05, 4.69) is 9.47 Å². The highest BCUT2D eigenvalue weighted by Gasteiger charge is 2.10. The third-order valence-electron chi connectivity index (χ3n) is 1.59. The molecule has 0 heterocycles. The third kappa shape index (κ3) is 4.44. The second kappa shape index (κ2) is 6.00. The van der Waals surface area contributed by atoms with Gasteiger partial charge in [0, 0.05) is 0 Å². The van der Waals surface area contributed by atoms with E-state index in [0.717, 1.165) is 5.56 Å². The molecule has 1 rings (SSSR count). The van der Waals surface area contributed by atoms with Crippen molar-refractivity contribution in [1.29, 1.82) is 0 Å². The highest BCUT2D eigenvalue weighted by molar-refractivity contribution is 5.60. The molecule has 0 aliphatic carbocycles. The van der Waals surface area contributed by atoms with Gasteiger partial charge in [0.05, 0.1) is 0 Å². The normalized spacial score (nSPS) is 11.9. The van der Waals surface area contributed by atoms with Crippen molar-refractivity contribution < 1.29 is 24.5 Å². The van der Waals surface area contributed by atoms with Crippen LogP contribution >= 0.6 is 0 Å². The van der Waals surface area contributed by atoms with Crippen molar-refractivity contribution in [3.63, 3.8) is 0 Å². The van der Waals surface area contributed by atoms with Gasteiger partial charge in [-0.25, -0.2) is 4.79 Å². The fraction of sp³-hybridized carbons (Fsp3) is 0.300. The van der Waals surface area contributed by atoms with E-state index < -0.39 is 19.1 Å². The summed E-state index contributed by atoms with van der Waals surface area (Å²) < 4.78 is 8.93. The quantitative estimate of drug-likeness (QED) is 0.566. The van der Waals surface area contributed by atoms with E-state index in [1.54, 1.807) is 12.1 Å². The van der Waals surface area contributed by atoms with Gasteiger partial charge in [-0.05, 0) is 5.56 Å². The maximum Gasteiger partial charge on any atom is 0.511 e. The predicted octanol–water partition coefficient (Wildman–Crippen LogP) is 0.650. The molecule has 0 aliphatic rings. The van der Waals surface area contributed by atoms with Gasteiger partial charge in [-0.1, -0.05) is 30.3 Å². The third-order valence-corrected chi connectivity index (χ3v) is 1.59. The molecule has 0 fully saturated rings. The van der Waals surface area contributed by atoms with Crippen LogP contribution in [0.1, 0.15) is 5.56 Å². The standard InChI is InChI=1S/C10H12O5/c11-6-9(12)15-10(13)14-7-8-4-2-1-3-5-8/h1-5,9,11-12H,6-7H2. The van der Waals surface area contributed by atoms with Crippen molar-refractivity contribution in [3.8, 4) is 0 Å². The van der Waals surface area contributed by atoms with Gasteiger partial charge in [0.2, 0.25) is 6.29 Å². The van der Waals surface area contributed by atoms with Gasteiger partial charge in [0.15, 0.2) is 0 Å². The van der Waals surface area contributed by atoms with E-state index >= 15 is 0 Å². The molecule has 1 atom stereocenters. The number of carbonyl (C=O) groups is 1. The molecule has 0 radical (unpaired) electrons. The van der Waals surface area contributed by atoms with Gasteiger partial charge >= 0.3 is 6.16 Å². The van der Waals surface area contributed by atoms with Crippen LogP contribution in [0.25, 0.3) is 0 Å². The second-order valence-electron chi connectivity index (χ2n) is 2.78. The summed E-state index contributed by atoms with van der Waals surface area (Å²) in [5.41, 5.74) is 0.813. The van der Waals surface area contributed by atoms with Gasteiger partial charge in [-0.2, -0.15) is 0 Å². The fourth-order valence-electron chi connectivity index (χ4n) is 0.899. The Morgan fingerprint density at radius 3 is 2.60 bits per heavy atom. The topological polar surface area (TPSA) is 76.0 Å². The van der Waals surface area contributed by atoms with Gasteiger partial charge in [-0.15, -0.1) is 0 Å². The van der Waals surface area contributed by atoms with Gasteiger partial charge in [0.25, 0.3) is 0 Å². The molecule has 0 aromatic heterocycles. The molecule has 0 aliphatic heterocycles. The molecule has 0 saturated heterocycles. The minimum Gasteiger partial charge on any atom is -0.429 e. The van der Waals surface area contributed by atoms with Crippen LogP contribution in [0, 0.1) is 0 Å². The Morgan fingerprint density at radius 2 is 2.00 bits per heavy atom. The monoisotopic (exact) mass is 212 g/mol. The molecule has 5 nitrogen and oxygen atoms in total. The van der Waals surface area contributed by atoms with E-state index in [9.17, 15) is 4.79 Å². The highest BCUT2D eigenvalue weighted by Crippen LogP contribution is 2.02. The zero-order valence-corrected chi connectivity index (χ0v) is 8.00. The Hall–Kier alpha value is -1.59. The lowest BCUT2D eigenvalue weighted by Crippen LogP contribution is -2.21. The van der Waals surface area contributed by atoms with E-state index in [0.29, 0.717) is 0 Å². The average Bonchev–Trinajstić information content (AvgIpc) is 2.27. The number of hydrogen-bond donors (Lipinski definition) is 2. The number of aliphatic hydroxyl groups is 2. The molecule has 2 N–H and O–H groups in total. The number of aliphatic hydroxyl groups excluding tert-OH is 2. The van der Waals surface area contributed by atoms with Gasteiger partial charge in [-0.3, -0.25) is 0 Å². The lowest BCUT2D eigenvalue weighted by Gasteiger charge is -2.09. The first kappa shape index (κ1) is 11.5. The molecule has 1 unspecified atom stereocenters. The minimum atomic E-state index is -1.53. The molecule has 82 valence electrons. The van der Waals surface area contributed by atoms with Crippen LogP contribution in [0.5, 0.6) is 0 Å². The summed E-state index contributed by atoms with van der Waals surface area (Å²) in [5, 5.41) is 17.1. The number of benzene rings is 1. The van der Waals surface area contributed by atoms with Crippen molar-refractivity contribution >= 4 is 6.16 Å². The Balaban J connectivity index is 2.29. The SMILES string of the molecule is O=C(OCc1ccccc1)OC(O)CO. The summed E-state index contributed by atoms with van der Waals surface area (Å²) in [6, 6.07) is 9.04. The Bertz CT molecular complexity index is 298. The molecule has 0 saturated carbocycles. The molecule has 0 spiro atoms. The maximum atomic E-state index is 10.9. The zero-order chi connectivity index (χ0) is 11.1. The van der Waals surface area contributed by atoms with Gasteiger partial charge in [0.1, 0.15) is 13.2 Å². The average molecular weight is 212 g/mol. The molecule has 1 aromatic rings. The molecular weight excluding hydrogens is 200 g/mol. The molecule has 0 amide bonds. The van der Waals surface area contributed by atoms with E-state index in [-0.39, 0.29) is 6.61 Å². The van der Waals surface area contributed by atoms with E-state index in [1.807, 2.05) is 18.2 Å². The molecule has 0 bridgehead atoms. The molecule has 5 heteroatoms. The maximum absolute atomic E-state index is 10.9. The Kier molecular flexibility index (Phi) is 4.59. The van der Waals surface area contributed by atoms with Crippen LogP contribution in [0.3, 0.4) is 0 Å². The summed E-state index contributed by atoms with van der Waals surface area (Å²) in [7, 11) is 0. The van der Waals surface area contributed by atoms with Crippen molar-refractivity contribution in [1.82, 2.24) is 0 Å². The lowest BCUT2D eigenvalue weighted by molar-refractivity contribution is -0.105. The van der Waals surface area contributed by atoms with Crippen LogP contribution < -0.4 is 0 Å². The van der Waals surface area contributed by atoms with E-state index in [4.69, 9.17) is 10.2 Å². The lowest BCUT2D eigenvalue weighted by atomic mass is 10.2. The van der Waals surface area contributed by atoms with Gasteiger partial charge < -0.3 is 19.7 Å². The Morgan fingerprint density at radius 1 is 1.33 bits per heavy atom. The largest absolute Gasteiger partial charge is 0.511 e. The van der Waals surface area contributed by atoms with E-state index in [1.165, 1.54) is 0 Å². The first-order chi connectivity index (χ1) is 7.22. The van der Waals surface area contributed by atoms with Crippen LogP contribution in [0.4, 0.5) is 4.79 Å². The van der Waals surface area contributed by atoms with Crippen LogP contribution in [-0.4, -0.2) is 29.3 Å². The number of ether oxygens (including phenoxy) is 2. The van der Waals surface area contributed by atoms with Crippen molar-refractivity contribution in [2.24, 2.45) is 0 Å².